The summed E-state index contributed by atoms with van der Waals surface area (Å²) in [4.78, 5) is 0. The molecule has 2 nitrogen and oxygen atoms in total. The summed E-state index contributed by atoms with van der Waals surface area (Å²) < 4.78 is 0. The van der Waals surface area contributed by atoms with Crippen LogP contribution in [-0.2, 0) is 19.3 Å². The van der Waals surface area contributed by atoms with Crippen molar-refractivity contribution in [3.05, 3.63) is 68.7 Å². The highest BCUT2D eigenvalue weighted by Crippen LogP contribution is 2.32. The SMILES string of the molecule is NNC(Cc1ccc2c(c1)CCC2)c1c(Cl)cccc1Cl. The molecule has 3 N–H and O–H groups in total. The number of hydrogen-bond acceptors (Lipinski definition) is 2. The lowest BCUT2D eigenvalue weighted by Crippen LogP contribution is -2.30. The van der Waals surface area contributed by atoms with E-state index in [1.807, 2.05) is 18.2 Å². The second-order valence-electron chi connectivity index (χ2n) is 5.52. The first-order valence-electron chi connectivity index (χ1n) is 7.19. The number of rotatable bonds is 4. The van der Waals surface area contributed by atoms with Crippen LogP contribution in [0.2, 0.25) is 10.0 Å². The van der Waals surface area contributed by atoms with Crippen LogP contribution < -0.4 is 11.3 Å². The molecule has 0 bridgehead atoms. The average molecular weight is 321 g/mol. The lowest BCUT2D eigenvalue weighted by molar-refractivity contribution is 0.552. The van der Waals surface area contributed by atoms with Crippen LogP contribution in [0.15, 0.2) is 36.4 Å². The average Bonchev–Trinajstić information content (AvgIpc) is 2.93. The molecule has 110 valence electrons. The van der Waals surface area contributed by atoms with Gasteiger partial charge in [-0.25, -0.2) is 0 Å². The van der Waals surface area contributed by atoms with Crippen molar-refractivity contribution in [2.24, 2.45) is 5.84 Å². The summed E-state index contributed by atoms with van der Waals surface area (Å²) in [6.45, 7) is 0. The van der Waals surface area contributed by atoms with E-state index in [-0.39, 0.29) is 6.04 Å². The summed E-state index contributed by atoms with van der Waals surface area (Å²) in [5, 5.41) is 1.29. The molecule has 0 radical (unpaired) electrons. The summed E-state index contributed by atoms with van der Waals surface area (Å²) in [6.07, 6.45) is 4.40. The monoisotopic (exact) mass is 320 g/mol. The van der Waals surface area contributed by atoms with E-state index in [4.69, 9.17) is 29.0 Å². The van der Waals surface area contributed by atoms with E-state index in [0.29, 0.717) is 10.0 Å². The van der Waals surface area contributed by atoms with Gasteiger partial charge in [-0.3, -0.25) is 11.3 Å². The van der Waals surface area contributed by atoms with Crippen LogP contribution in [0.5, 0.6) is 0 Å². The van der Waals surface area contributed by atoms with E-state index < -0.39 is 0 Å². The van der Waals surface area contributed by atoms with Gasteiger partial charge >= 0.3 is 0 Å². The molecule has 0 spiro atoms. The third-order valence-electron chi connectivity index (χ3n) is 4.15. The van der Waals surface area contributed by atoms with Crippen molar-refractivity contribution in [1.82, 2.24) is 5.43 Å². The maximum Gasteiger partial charge on any atom is 0.0529 e. The topological polar surface area (TPSA) is 38.0 Å². The lowest BCUT2D eigenvalue weighted by Gasteiger charge is -2.19. The van der Waals surface area contributed by atoms with E-state index in [9.17, 15) is 0 Å². The largest absolute Gasteiger partial charge is 0.271 e. The van der Waals surface area contributed by atoms with Gasteiger partial charge in [0.25, 0.3) is 0 Å². The fourth-order valence-corrected chi connectivity index (χ4v) is 3.74. The van der Waals surface area contributed by atoms with Gasteiger partial charge in [-0.05, 0) is 54.5 Å². The number of halogens is 2. The number of nitrogens with two attached hydrogens (primary N) is 1. The van der Waals surface area contributed by atoms with Gasteiger partial charge in [-0.2, -0.15) is 0 Å². The second-order valence-corrected chi connectivity index (χ2v) is 6.33. The third kappa shape index (κ3) is 3.09. The van der Waals surface area contributed by atoms with Crippen molar-refractivity contribution in [3.8, 4) is 0 Å². The van der Waals surface area contributed by atoms with Crippen LogP contribution in [0.25, 0.3) is 0 Å². The van der Waals surface area contributed by atoms with E-state index >= 15 is 0 Å². The van der Waals surface area contributed by atoms with E-state index in [1.54, 1.807) is 0 Å². The molecular weight excluding hydrogens is 303 g/mol. The summed E-state index contributed by atoms with van der Waals surface area (Å²) in [5.41, 5.74) is 7.92. The van der Waals surface area contributed by atoms with E-state index in [1.165, 1.54) is 36.0 Å². The van der Waals surface area contributed by atoms with Gasteiger partial charge < -0.3 is 0 Å². The molecule has 1 aliphatic carbocycles. The van der Waals surface area contributed by atoms with Crippen molar-refractivity contribution in [3.63, 3.8) is 0 Å². The highest BCUT2D eigenvalue weighted by molar-refractivity contribution is 6.36. The number of fused-ring (bicyclic) bond motifs is 1. The predicted octanol–water partition coefficient (Wildman–Crippen LogP) is 4.23. The summed E-state index contributed by atoms with van der Waals surface area (Å²) in [7, 11) is 0. The molecule has 0 heterocycles. The number of hydrazine groups is 1. The molecule has 21 heavy (non-hydrogen) atoms. The fraction of sp³-hybridized carbons (Fsp3) is 0.294. The standard InChI is InChI=1S/C17H18Cl2N2/c18-14-5-2-6-15(19)17(14)16(21-20)10-11-7-8-12-3-1-4-13(12)9-11/h2,5-9,16,21H,1,3-4,10,20H2. The molecule has 2 aromatic rings. The van der Waals surface area contributed by atoms with Crippen LogP contribution in [0.4, 0.5) is 0 Å². The smallest absolute Gasteiger partial charge is 0.0529 e. The highest BCUT2D eigenvalue weighted by Gasteiger charge is 2.18. The van der Waals surface area contributed by atoms with Gasteiger partial charge in [0.1, 0.15) is 0 Å². The zero-order chi connectivity index (χ0) is 14.8. The van der Waals surface area contributed by atoms with Crippen molar-refractivity contribution in [2.45, 2.75) is 31.7 Å². The zero-order valence-electron chi connectivity index (χ0n) is 11.7. The Kier molecular flexibility index (Phi) is 4.51. The van der Waals surface area contributed by atoms with Crippen molar-refractivity contribution < 1.29 is 0 Å². The van der Waals surface area contributed by atoms with Gasteiger partial charge in [0.15, 0.2) is 0 Å². The number of hydrogen-bond donors (Lipinski definition) is 2. The molecule has 0 aromatic heterocycles. The maximum absolute atomic E-state index is 6.28. The van der Waals surface area contributed by atoms with Crippen molar-refractivity contribution in [1.29, 1.82) is 0 Å². The predicted molar refractivity (Wildman–Crippen MR) is 88.7 cm³/mol. The molecule has 0 aliphatic heterocycles. The first-order valence-corrected chi connectivity index (χ1v) is 7.95. The van der Waals surface area contributed by atoms with Gasteiger partial charge in [0, 0.05) is 15.6 Å². The van der Waals surface area contributed by atoms with E-state index in [0.717, 1.165) is 12.0 Å². The quantitative estimate of drug-likeness (QED) is 0.653. The first kappa shape index (κ1) is 14.9. The molecular formula is C17H18Cl2N2. The van der Waals surface area contributed by atoms with Crippen LogP contribution in [-0.4, -0.2) is 0 Å². The summed E-state index contributed by atoms with van der Waals surface area (Å²) in [6, 6.07) is 12.1. The number of nitrogens with one attached hydrogen (secondary N) is 1. The lowest BCUT2D eigenvalue weighted by atomic mass is 9.97. The maximum atomic E-state index is 6.28. The summed E-state index contributed by atoms with van der Waals surface area (Å²) >= 11 is 12.6. The minimum Gasteiger partial charge on any atom is -0.271 e. The molecule has 0 fully saturated rings. The molecule has 1 atom stereocenters. The Morgan fingerprint density at radius 1 is 1.05 bits per heavy atom. The highest BCUT2D eigenvalue weighted by atomic mass is 35.5. The van der Waals surface area contributed by atoms with Gasteiger partial charge in [0.2, 0.25) is 0 Å². The molecule has 2 aromatic carbocycles. The fourth-order valence-electron chi connectivity index (χ4n) is 3.08. The van der Waals surface area contributed by atoms with Crippen LogP contribution in [0.1, 0.15) is 34.7 Å². The van der Waals surface area contributed by atoms with Gasteiger partial charge in [-0.1, -0.05) is 47.5 Å². The Labute approximate surface area is 135 Å². The Balaban J connectivity index is 1.88. The Morgan fingerprint density at radius 2 is 1.76 bits per heavy atom. The molecule has 4 heteroatoms. The normalized spacial score (nSPS) is 15.0. The minimum absolute atomic E-state index is 0.0920. The summed E-state index contributed by atoms with van der Waals surface area (Å²) in [5.74, 6) is 5.74. The second kappa shape index (κ2) is 6.37. The molecule has 1 aliphatic rings. The van der Waals surface area contributed by atoms with Crippen LogP contribution in [0, 0.1) is 0 Å². The third-order valence-corrected chi connectivity index (χ3v) is 4.81. The molecule has 0 saturated heterocycles. The van der Waals surface area contributed by atoms with Crippen LogP contribution in [0.3, 0.4) is 0 Å². The first-order chi connectivity index (χ1) is 10.2. The zero-order valence-corrected chi connectivity index (χ0v) is 13.2. The molecule has 0 amide bonds. The number of aryl methyl sites for hydroxylation is 2. The Morgan fingerprint density at radius 3 is 2.48 bits per heavy atom. The van der Waals surface area contributed by atoms with Crippen molar-refractivity contribution >= 4 is 23.2 Å². The Bertz CT molecular complexity index is 635. The minimum atomic E-state index is -0.0920. The van der Waals surface area contributed by atoms with E-state index in [2.05, 4.69) is 23.6 Å². The van der Waals surface area contributed by atoms with Crippen LogP contribution >= 0.6 is 23.2 Å². The molecule has 0 saturated carbocycles. The van der Waals surface area contributed by atoms with Gasteiger partial charge in [0.05, 0.1) is 6.04 Å². The van der Waals surface area contributed by atoms with Gasteiger partial charge in [-0.15, -0.1) is 0 Å². The van der Waals surface area contributed by atoms with Crippen molar-refractivity contribution in [2.75, 3.05) is 0 Å². The molecule has 1 unspecified atom stereocenters. The Hall–Kier alpha value is -1.06. The molecule has 3 rings (SSSR count). The number of benzene rings is 2.